The Morgan fingerprint density at radius 1 is 0.444 bits per heavy atom. The topological polar surface area (TPSA) is 46.5 Å². The minimum absolute atomic E-state index is 0.0169. The first-order chi connectivity index (χ1) is 17.8. The quantitative estimate of drug-likeness (QED) is 0.0745. The largest absolute Gasteiger partial charge is 0.466 e. The van der Waals surface area contributed by atoms with Crippen LogP contribution >= 0.6 is 0 Å². The standard InChI is InChI=1S/C33H66O3/c1-2-3-4-5-6-18-21-24-27-30-33(35)36-32-29-26-23-20-17-15-13-11-9-7-8-10-12-14-16-19-22-25-28-31-34/h34H,2-32H2,1H3. The zero-order valence-electron chi connectivity index (χ0n) is 24.7. The lowest BCUT2D eigenvalue weighted by molar-refractivity contribution is -0.143. The van der Waals surface area contributed by atoms with E-state index in [9.17, 15) is 4.79 Å². The van der Waals surface area contributed by atoms with Crippen LogP contribution in [0, 0.1) is 0 Å². The number of unbranched alkanes of at least 4 members (excludes halogenated alkanes) is 26. The normalized spacial score (nSPS) is 11.3. The molecule has 0 bridgehead atoms. The first-order valence-corrected chi connectivity index (χ1v) is 16.6. The number of ether oxygens (including phenoxy) is 1. The maximum atomic E-state index is 11.8. The minimum Gasteiger partial charge on any atom is -0.466 e. The van der Waals surface area contributed by atoms with Gasteiger partial charge in [-0.3, -0.25) is 4.79 Å². The number of hydrogen-bond donors (Lipinski definition) is 1. The molecule has 1 N–H and O–H groups in total. The molecule has 0 aromatic carbocycles. The molecule has 0 aromatic rings. The van der Waals surface area contributed by atoms with Gasteiger partial charge >= 0.3 is 5.97 Å². The molecular formula is C33H66O3. The van der Waals surface area contributed by atoms with Crippen molar-refractivity contribution in [1.29, 1.82) is 0 Å². The number of hydrogen-bond acceptors (Lipinski definition) is 3. The van der Waals surface area contributed by atoms with Gasteiger partial charge in [0, 0.05) is 13.0 Å². The van der Waals surface area contributed by atoms with Gasteiger partial charge in [-0.1, -0.05) is 167 Å². The second-order valence-corrected chi connectivity index (χ2v) is 11.2. The molecule has 0 atom stereocenters. The SMILES string of the molecule is CCCCCCCCCCCC(=O)OCCCCCCCCCCCCCCCCCCCCCO. The number of carbonyl (C=O) groups excluding carboxylic acids is 1. The second kappa shape index (κ2) is 32.5. The molecule has 0 radical (unpaired) electrons. The molecule has 0 unspecified atom stereocenters. The van der Waals surface area contributed by atoms with Crippen LogP contribution in [0.5, 0.6) is 0 Å². The van der Waals surface area contributed by atoms with Gasteiger partial charge in [0.1, 0.15) is 0 Å². The van der Waals surface area contributed by atoms with Crippen LogP contribution in [0.15, 0.2) is 0 Å². The molecule has 0 fully saturated rings. The average molecular weight is 511 g/mol. The van der Waals surface area contributed by atoms with Crippen molar-refractivity contribution >= 4 is 5.97 Å². The van der Waals surface area contributed by atoms with E-state index in [1.807, 2.05) is 0 Å². The summed E-state index contributed by atoms with van der Waals surface area (Å²) in [6.45, 7) is 3.25. The molecule has 216 valence electrons. The summed E-state index contributed by atoms with van der Waals surface area (Å²) in [7, 11) is 0. The van der Waals surface area contributed by atoms with Crippen LogP contribution in [0.1, 0.15) is 193 Å². The smallest absolute Gasteiger partial charge is 0.305 e. The molecule has 0 heterocycles. The van der Waals surface area contributed by atoms with E-state index in [1.165, 1.54) is 161 Å². The Morgan fingerprint density at radius 2 is 0.750 bits per heavy atom. The number of rotatable bonds is 31. The van der Waals surface area contributed by atoms with E-state index >= 15 is 0 Å². The third kappa shape index (κ3) is 31.5. The molecule has 0 aromatic heterocycles. The Kier molecular flexibility index (Phi) is 31.9. The minimum atomic E-state index is 0.0169. The highest BCUT2D eigenvalue weighted by molar-refractivity contribution is 5.69. The van der Waals surface area contributed by atoms with Gasteiger partial charge in [-0.25, -0.2) is 0 Å². The molecule has 0 aliphatic carbocycles. The van der Waals surface area contributed by atoms with E-state index in [1.54, 1.807) is 0 Å². The molecular weight excluding hydrogens is 444 g/mol. The second-order valence-electron chi connectivity index (χ2n) is 11.2. The molecule has 0 aliphatic rings. The fourth-order valence-corrected chi connectivity index (χ4v) is 5.06. The summed E-state index contributed by atoms with van der Waals surface area (Å²) in [5.74, 6) is 0.0169. The Morgan fingerprint density at radius 3 is 1.11 bits per heavy atom. The Hall–Kier alpha value is -0.570. The van der Waals surface area contributed by atoms with E-state index < -0.39 is 0 Å². The lowest BCUT2D eigenvalue weighted by atomic mass is 10.0. The van der Waals surface area contributed by atoms with Gasteiger partial charge in [0.25, 0.3) is 0 Å². The molecule has 0 spiro atoms. The Labute approximate surface area is 226 Å². The van der Waals surface area contributed by atoms with Crippen molar-refractivity contribution < 1.29 is 14.6 Å². The maximum absolute atomic E-state index is 11.8. The van der Waals surface area contributed by atoms with Crippen molar-refractivity contribution in [2.24, 2.45) is 0 Å². The molecule has 0 saturated carbocycles. The number of esters is 1. The van der Waals surface area contributed by atoms with E-state index in [2.05, 4.69) is 6.92 Å². The van der Waals surface area contributed by atoms with Gasteiger partial charge in [-0.15, -0.1) is 0 Å². The van der Waals surface area contributed by atoms with E-state index in [0.29, 0.717) is 19.6 Å². The molecule has 3 heteroatoms. The third-order valence-corrected chi connectivity index (χ3v) is 7.55. The van der Waals surface area contributed by atoms with Crippen LogP contribution in [0.4, 0.5) is 0 Å². The molecule has 0 rings (SSSR count). The lowest BCUT2D eigenvalue weighted by Gasteiger charge is -2.06. The van der Waals surface area contributed by atoms with Crippen LogP contribution in [-0.4, -0.2) is 24.3 Å². The predicted molar refractivity (Wildman–Crippen MR) is 158 cm³/mol. The first-order valence-electron chi connectivity index (χ1n) is 16.6. The van der Waals surface area contributed by atoms with Gasteiger partial charge < -0.3 is 9.84 Å². The molecule has 0 saturated heterocycles. The highest BCUT2D eigenvalue weighted by Gasteiger charge is 2.02. The number of aliphatic hydroxyl groups is 1. The summed E-state index contributed by atoms with van der Waals surface area (Å²) in [6.07, 6.45) is 37.4. The van der Waals surface area contributed by atoms with Gasteiger partial charge in [0.2, 0.25) is 0 Å². The number of aliphatic hydroxyl groups excluding tert-OH is 1. The van der Waals surface area contributed by atoms with Gasteiger partial charge in [0.15, 0.2) is 0 Å². The van der Waals surface area contributed by atoms with Crippen molar-refractivity contribution in [2.45, 2.75) is 193 Å². The highest BCUT2D eigenvalue weighted by Crippen LogP contribution is 2.15. The highest BCUT2D eigenvalue weighted by atomic mass is 16.5. The summed E-state index contributed by atoms with van der Waals surface area (Å²) in [4.78, 5) is 11.8. The zero-order chi connectivity index (χ0) is 26.2. The van der Waals surface area contributed by atoms with Gasteiger partial charge in [-0.05, 0) is 19.3 Å². The summed E-state index contributed by atoms with van der Waals surface area (Å²) in [5.41, 5.74) is 0. The van der Waals surface area contributed by atoms with E-state index in [0.717, 1.165) is 19.3 Å². The van der Waals surface area contributed by atoms with Gasteiger partial charge in [-0.2, -0.15) is 0 Å². The fourth-order valence-electron chi connectivity index (χ4n) is 5.06. The van der Waals surface area contributed by atoms with Crippen molar-refractivity contribution in [1.82, 2.24) is 0 Å². The lowest BCUT2D eigenvalue weighted by Crippen LogP contribution is -2.05. The van der Waals surface area contributed by atoms with Crippen molar-refractivity contribution in [3.05, 3.63) is 0 Å². The maximum Gasteiger partial charge on any atom is 0.305 e. The van der Waals surface area contributed by atoms with Crippen molar-refractivity contribution in [2.75, 3.05) is 13.2 Å². The van der Waals surface area contributed by atoms with E-state index in [-0.39, 0.29) is 5.97 Å². The first kappa shape index (κ1) is 35.4. The van der Waals surface area contributed by atoms with Crippen LogP contribution in [0.2, 0.25) is 0 Å². The summed E-state index contributed by atoms with van der Waals surface area (Å²) in [5, 5.41) is 8.77. The Bertz CT molecular complexity index is 410. The number of carbonyl (C=O) groups is 1. The molecule has 3 nitrogen and oxygen atoms in total. The summed E-state index contributed by atoms with van der Waals surface area (Å²) >= 11 is 0. The molecule has 0 aliphatic heterocycles. The van der Waals surface area contributed by atoms with Crippen molar-refractivity contribution in [3.8, 4) is 0 Å². The zero-order valence-corrected chi connectivity index (χ0v) is 24.7. The van der Waals surface area contributed by atoms with Crippen LogP contribution < -0.4 is 0 Å². The summed E-state index contributed by atoms with van der Waals surface area (Å²) < 4.78 is 5.40. The average Bonchev–Trinajstić information content (AvgIpc) is 2.88. The monoisotopic (exact) mass is 511 g/mol. The van der Waals surface area contributed by atoms with Crippen LogP contribution in [-0.2, 0) is 9.53 Å². The Balaban J connectivity index is 3.11. The molecule has 0 amide bonds. The van der Waals surface area contributed by atoms with Crippen molar-refractivity contribution in [3.63, 3.8) is 0 Å². The van der Waals surface area contributed by atoms with Gasteiger partial charge in [0.05, 0.1) is 6.61 Å². The van der Waals surface area contributed by atoms with Crippen LogP contribution in [0.3, 0.4) is 0 Å². The fraction of sp³-hybridized carbons (Fsp3) is 0.970. The van der Waals surface area contributed by atoms with E-state index in [4.69, 9.17) is 9.84 Å². The summed E-state index contributed by atoms with van der Waals surface area (Å²) in [6, 6.07) is 0. The molecule has 36 heavy (non-hydrogen) atoms. The predicted octanol–water partition coefficient (Wildman–Crippen LogP) is 10.9. The van der Waals surface area contributed by atoms with Crippen LogP contribution in [0.25, 0.3) is 0 Å². The third-order valence-electron chi connectivity index (χ3n) is 7.55.